The van der Waals surface area contributed by atoms with Gasteiger partial charge in [-0.15, -0.1) is 0 Å². The summed E-state index contributed by atoms with van der Waals surface area (Å²) in [5, 5.41) is 35.0. The molecule has 1 rings (SSSR count). The molecule has 0 N–H and O–H groups in total. The predicted octanol–water partition coefficient (Wildman–Crippen LogP) is 3.40. The number of hydrogen-bond acceptors (Lipinski definition) is 3. The van der Waals surface area contributed by atoms with E-state index in [0.717, 1.165) is 40.5 Å². The average molecular weight is 321 g/mol. The molecule has 1 aliphatic carbocycles. The van der Waals surface area contributed by atoms with Crippen LogP contribution in [0.5, 0.6) is 0 Å². The summed E-state index contributed by atoms with van der Waals surface area (Å²) < 4.78 is 1.00. The second-order valence-electron chi connectivity index (χ2n) is 6.78. The number of hydrogen-bond donors (Lipinski definition) is 0. The van der Waals surface area contributed by atoms with Gasteiger partial charge in [0.1, 0.15) is 23.8 Å². The molecule has 0 aromatic rings. The number of nitrogens with zero attached hydrogens (tertiary/aromatic N) is 5. The van der Waals surface area contributed by atoms with Crippen molar-refractivity contribution < 1.29 is 4.48 Å². The van der Waals surface area contributed by atoms with Crippen LogP contribution in [0, 0.1) is 34.0 Å². The largest absolute Gasteiger partial charge is 0.762 e. The molecule has 0 atom stereocenters. The predicted molar refractivity (Wildman–Crippen MR) is 95.4 cm³/mol. The average Bonchev–Trinajstić information content (AvgIpc) is 2.51. The Kier molecular flexibility index (Phi) is 8.78. The molecule has 5 nitrogen and oxygen atoms in total. The van der Waals surface area contributed by atoms with Crippen LogP contribution < -0.4 is 0 Å². The molecule has 5 heteroatoms. The van der Waals surface area contributed by atoms with E-state index < -0.39 is 0 Å². The Morgan fingerprint density at radius 3 is 2.00 bits per heavy atom. The summed E-state index contributed by atoms with van der Waals surface area (Å²) >= 11 is 0. The number of allylic oxidation sites excluding steroid dienone is 7. The van der Waals surface area contributed by atoms with Crippen LogP contribution in [0.15, 0.2) is 40.0 Å². The van der Waals surface area contributed by atoms with E-state index in [9.17, 15) is 0 Å². The van der Waals surface area contributed by atoms with Gasteiger partial charge < -0.3 is 9.89 Å². The Balaban J connectivity index is 0.000000922. The summed E-state index contributed by atoms with van der Waals surface area (Å²) in [6.07, 6.45) is 5.64. The minimum Gasteiger partial charge on any atom is -0.762 e. The Hall–Kier alpha value is -2.90. The third-order valence-corrected chi connectivity index (χ3v) is 2.97. The molecular formula is C19H23N5. The van der Waals surface area contributed by atoms with E-state index in [-0.39, 0.29) is 11.1 Å². The molecule has 0 aromatic carbocycles. The topological polar surface area (TPSA) is 93.7 Å². The minimum atomic E-state index is 0.0698. The molecule has 0 aromatic heterocycles. The van der Waals surface area contributed by atoms with Crippen molar-refractivity contribution in [3.8, 4) is 18.2 Å². The molecule has 0 aliphatic heterocycles. The third-order valence-electron chi connectivity index (χ3n) is 2.97. The van der Waals surface area contributed by atoms with Crippen LogP contribution in [-0.4, -0.2) is 38.5 Å². The van der Waals surface area contributed by atoms with Crippen LogP contribution in [0.1, 0.15) is 26.2 Å². The van der Waals surface area contributed by atoms with Crippen molar-refractivity contribution in [3.63, 3.8) is 0 Å². The van der Waals surface area contributed by atoms with Crippen molar-refractivity contribution in [2.24, 2.45) is 0 Å². The minimum absolute atomic E-state index is 0.0698. The Morgan fingerprint density at radius 2 is 1.58 bits per heavy atom. The van der Waals surface area contributed by atoms with Gasteiger partial charge in [0.2, 0.25) is 0 Å². The Bertz CT molecular complexity index is 709. The fourth-order valence-electron chi connectivity index (χ4n) is 1.94. The lowest BCUT2D eigenvalue weighted by Gasteiger charge is -2.18. The molecule has 0 bridgehead atoms. The van der Waals surface area contributed by atoms with E-state index in [0.29, 0.717) is 0 Å². The molecule has 24 heavy (non-hydrogen) atoms. The van der Waals surface area contributed by atoms with Gasteiger partial charge in [-0.2, -0.15) is 15.8 Å². The lowest BCUT2D eigenvalue weighted by Crippen LogP contribution is -2.27. The second kappa shape index (κ2) is 9.98. The van der Waals surface area contributed by atoms with E-state index in [2.05, 4.69) is 28.2 Å². The van der Waals surface area contributed by atoms with Crippen LogP contribution >= 0.6 is 0 Å². The van der Waals surface area contributed by atoms with Crippen molar-refractivity contribution in [1.29, 1.82) is 15.8 Å². The van der Waals surface area contributed by atoms with Crippen LogP contribution in [0.2, 0.25) is 0 Å². The van der Waals surface area contributed by atoms with E-state index >= 15 is 0 Å². The van der Waals surface area contributed by atoms with E-state index in [1.807, 2.05) is 31.0 Å². The van der Waals surface area contributed by atoms with Gasteiger partial charge in [-0.05, 0) is 55.1 Å². The quantitative estimate of drug-likeness (QED) is 0.443. The van der Waals surface area contributed by atoms with Gasteiger partial charge in [-0.25, -0.2) is 0 Å². The van der Waals surface area contributed by atoms with Gasteiger partial charge in [-0.1, -0.05) is 0 Å². The smallest absolute Gasteiger partial charge is 0.129 e. The van der Waals surface area contributed by atoms with Crippen molar-refractivity contribution in [2.45, 2.75) is 26.2 Å². The highest BCUT2D eigenvalue weighted by Gasteiger charge is 2.13. The van der Waals surface area contributed by atoms with Crippen LogP contribution in [0.4, 0.5) is 0 Å². The van der Waals surface area contributed by atoms with Crippen molar-refractivity contribution in [2.75, 3.05) is 28.2 Å². The van der Waals surface area contributed by atoms with Crippen molar-refractivity contribution in [1.82, 2.24) is 0 Å². The summed E-state index contributed by atoms with van der Waals surface area (Å²) in [5.41, 5.74) is 2.93. The van der Waals surface area contributed by atoms with Gasteiger partial charge in [-0.3, -0.25) is 5.87 Å². The first kappa shape index (κ1) is 21.1. The molecule has 0 saturated carbocycles. The molecule has 0 saturated heterocycles. The van der Waals surface area contributed by atoms with Crippen LogP contribution in [0.25, 0.3) is 5.41 Å². The monoisotopic (exact) mass is 321 g/mol. The van der Waals surface area contributed by atoms with Gasteiger partial charge in [0.05, 0.1) is 33.8 Å². The molecule has 0 radical (unpaired) electrons. The van der Waals surface area contributed by atoms with Gasteiger partial charge in [0.25, 0.3) is 0 Å². The van der Waals surface area contributed by atoms with E-state index in [1.165, 1.54) is 0 Å². The molecule has 1 aliphatic rings. The molecule has 0 spiro atoms. The second-order valence-corrected chi connectivity index (χ2v) is 6.78. The molecule has 0 amide bonds. The number of nitriles is 3. The summed E-state index contributed by atoms with van der Waals surface area (Å²) in [6, 6.07) is 5.50. The summed E-state index contributed by atoms with van der Waals surface area (Å²) in [6.45, 7) is 1.88. The summed E-state index contributed by atoms with van der Waals surface area (Å²) in [4.78, 5) is 0. The van der Waals surface area contributed by atoms with Crippen LogP contribution in [0.3, 0.4) is 0 Å². The highest BCUT2D eigenvalue weighted by molar-refractivity contribution is 5.71. The van der Waals surface area contributed by atoms with E-state index in [1.54, 1.807) is 12.2 Å². The van der Waals surface area contributed by atoms with Gasteiger partial charge in [0.15, 0.2) is 0 Å². The zero-order chi connectivity index (χ0) is 18.8. The zero-order valence-electron chi connectivity index (χ0n) is 15.0. The lowest BCUT2D eigenvalue weighted by atomic mass is 9.86. The third kappa shape index (κ3) is 8.52. The maximum Gasteiger partial charge on any atom is 0.129 e. The van der Waals surface area contributed by atoms with Crippen LogP contribution in [-0.2, 0) is 0 Å². The first-order chi connectivity index (χ1) is 11.2. The molecule has 124 valence electrons. The fraction of sp³-hybridized carbons (Fsp3) is 0.421. The van der Waals surface area contributed by atoms with Crippen molar-refractivity contribution >= 4 is 5.87 Å². The standard InChI is InChI=1S/C15H11N4.C4H12N/c1-11-14(5-12(7-16)8-17)3-2-4-15(11)6-13(9-18)10-19;1-5(2,3)4/h5-6H,2-4H2,1H3;1-4H3/q-1;+1/b14-5+;. The summed E-state index contributed by atoms with van der Waals surface area (Å²) in [5.74, 6) is 1.83. The molecule has 0 fully saturated rings. The van der Waals surface area contributed by atoms with Gasteiger partial charge >= 0.3 is 0 Å². The maximum atomic E-state index is 8.76. The molecule has 0 heterocycles. The lowest BCUT2D eigenvalue weighted by molar-refractivity contribution is -0.849. The Labute approximate surface area is 144 Å². The van der Waals surface area contributed by atoms with Gasteiger partial charge in [0, 0.05) is 0 Å². The van der Waals surface area contributed by atoms with Crippen molar-refractivity contribution in [3.05, 3.63) is 45.4 Å². The first-order valence-electron chi connectivity index (χ1n) is 7.55. The normalized spacial score (nSPS) is 15.0. The highest BCUT2D eigenvalue weighted by Crippen LogP contribution is 2.31. The highest BCUT2D eigenvalue weighted by atomic mass is 15.2. The fourth-order valence-corrected chi connectivity index (χ4v) is 1.94. The zero-order valence-corrected chi connectivity index (χ0v) is 15.0. The molecular weight excluding hydrogens is 298 g/mol. The number of rotatable bonds is 2. The maximum absolute atomic E-state index is 8.76. The first-order valence-corrected chi connectivity index (χ1v) is 7.55. The number of quaternary nitrogens is 1. The SMILES string of the molecule is CC1=C(C=C(C#N)C#N)CCC/C1=C\C(=C=[N-])C#N.C[N+](C)(C)C. The Morgan fingerprint density at radius 1 is 1.04 bits per heavy atom. The summed E-state index contributed by atoms with van der Waals surface area (Å²) in [7, 11) is 8.50. The van der Waals surface area contributed by atoms with E-state index in [4.69, 9.17) is 21.2 Å². The molecule has 0 unspecified atom stereocenters.